The molecule has 0 bridgehead atoms. The molecule has 1 heterocycles. The minimum absolute atomic E-state index is 0.257. The molecule has 16 heavy (non-hydrogen) atoms. The Bertz CT molecular complexity index is 400. The average molecular weight is 240 g/mol. The largest absolute Gasteiger partial charge is 0.478 e. The Morgan fingerprint density at radius 2 is 1.88 bits per heavy atom. The highest BCUT2D eigenvalue weighted by molar-refractivity contribution is 6.31. The van der Waals surface area contributed by atoms with E-state index >= 15 is 0 Å². The predicted octanol–water partition coefficient (Wildman–Crippen LogP) is 3.03. The number of halogens is 1. The normalized spacial score (nSPS) is 16.2. The van der Waals surface area contributed by atoms with Crippen molar-refractivity contribution in [1.29, 1.82) is 0 Å². The third-order valence-electron chi connectivity index (χ3n) is 2.85. The molecule has 1 aromatic carbocycles. The second-order valence-electron chi connectivity index (χ2n) is 4.05. The smallest absolute Gasteiger partial charge is 0.335 e. The van der Waals surface area contributed by atoms with Crippen LogP contribution in [0.2, 0.25) is 5.02 Å². The summed E-state index contributed by atoms with van der Waals surface area (Å²) in [6.07, 6.45) is 3.58. The number of anilines is 1. The zero-order valence-electron chi connectivity index (χ0n) is 8.95. The minimum atomic E-state index is -0.930. The fourth-order valence-corrected chi connectivity index (χ4v) is 2.26. The third kappa shape index (κ3) is 2.47. The summed E-state index contributed by atoms with van der Waals surface area (Å²) >= 11 is 5.92. The molecule has 0 aromatic heterocycles. The fraction of sp³-hybridized carbons (Fsp3) is 0.417. The van der Waals surface area contributed by atoms with Crippen molar-refractivity contribution in [2.75, 3.05) is 18.0 Å². The maximum Gasteiger partial charge on any atom is 0.335 e. The summed E-state index contributed by atoms with van der Waals surface area (Å²) in [5.41, 5.74) is 1.18. The molecule has 0 aliphatic carbocycles. The molecule has 2 rings (SSSR count). The first-order chi connectivity index (χ1) is 7.66. The highest BCUT2D eigenvalue weighted by Gasteiger charge is 2.14. The van der Waals surface area contributed by atoms with Crippen molar-refractivity contribution in [3.63, 3.8) is 0 Å². The Morgan fingerprint density at radius 1 is 1.19 bits per heavy atom. The molecule has 1 aromatic rings. The van der Waals surface area contributed by atoms with Gasteiger partial charge in [-0.25, -0.2) is 4.79 Å². The number of piperidine rings is 1. The van der Waals surface area contributed by atoms with Crippen LogP contribution < -0.4 is 4.90 Å². The number of hydrogen-bond acceptors (Lipinski definition) is 2. The third-order valence-corrected chi connectivity index (χ3v) is 3.07. The van der Waals surface area contributed by atoms with Gasteiger partial charge >= 0.3 is 5.97 Å². The van der Waals surface area contributed by atoms with E-state index in [1.165, 1.54) is 12.5 Å². The van der Waals surface area contributed by atoms with Crippen LogP contribution in [0.25, 0.3) is 0 Å². The molecule has 1 N–H and O–H groups in total. The highest BCUT2D eigenvalue weighted by atomic mass is 35.5. The minimum Gasteiger partial charge on any atom is -0.478 e. The molecule has 86 valence electrons. The first kappa shape index (κ1) is 11.3. The number of benzene rings is 1. The van der Waals surface area contributed by atoms with Crippen LogP contribution in [0, 0.1) is 0 Å². The van der Waals surface area contributed by atoms with Crippen molar-refractivity contribution in [2.24, 2.45) is 0 Å². The Labute approximate surface area is 99.6 Å². The predicted molar refractivity (Wildman–Crippen MR) is 64.5 cm³/mol. The molecule has 0 amide bonds. The quantitative estimate of drug-likeness (QED) is 0.863. The Hall–Kier alpha value is -1.22. The van der Waals surface area contributed by atoms with Crippen molar-refractivity contribution < 1.29 is 9.90 Å². The molecule has 1 fully saturated rings. The lowest BCUT2D eigenvalue weighted by molar-refractivity contribution is 0.0697. The molecular formula is C12H14ClNO2. The van der Waals surface area contributed by atoms with Crippen LogP contribution in [-0.4, -0.2) is 24.2 Å². The summed E-state index contributed by atoms with van der Waals surface area (Å²) in [5.74, 6) is -0.930. The van der Waals surface area contributed by atoms with Gasteiger partial charge in [-0.15, -0.1) is 0 Å². The van der Waals surface area contributed by atoms with Gasteiger partial charge in [-0.1, -0.05) is 11.6 Å². The number of nitrogens with zero attached hydrogens (tertiary/aromatic N) is 1. The maximum atomic E-state index is 10.9. The topological polar surface area (TPSA) is 40.5 Å². The van der Waals surface area contributed by atoms with Gasteiger partial charge < -0.3 is 10.0 Å². The Balaban J connectivity index is 2.28. The maximum absolute atomic E-state index is 10.9. The summed E-state index contributed by atoms with van der Waals surface area (Å²) in [6, 6.07) is 5.01. The molecule has 0 saturated carbocycles. The van der Waals surface area contributed by atoms with E-state index in [9.17, 15) is 4.79 Å². The van der Waals surface area contributed by atoms with Crippen LogP contribution >= 0.6 is 11.6 Å². The zero-order chi connectivity index (χ0) is 11.5. The fourth-order valence-electron chi connectivity index (χ4n) is 2.03. The molecule has 0 atom stereocenters. The lowest BCUT2D eigenvalue weighted by Gasteiger charge is -2.29. The van der Waals surface area contributed by atoms with Crippen LogP contribution in [0.1, 0.15) is 29.6 Å². The van der Waals surface area contributed by atoms with Gasteiger partial charge in [0.25, 0.3) is 0 Å². The van der Waals surface area contributed by atoms with Gasteiger partial charge in [-0.2, -0.15) is 0 Å². The van der Waals surface area contributed by atoms with E-state index in [0.717, 1.165) is 31.6 Å². The van der Waals surface area contributed by atoms with Crippen LogP contribution in [0.3, 0.4) is 0 Å². The van der Waals surface area contributed by atoms with E-state index in [1.807, 2.05) is 6.07 Å². The number of hydrogen-bond donors (Lipinski definition) is 1. The molecule has 0 spiro atoms. The van der Waals surface area contributed by atoms with E-state index in [0.29, 0.717) is 5.02 Å². The molecule has 0 radical (unpaired) electrons. The summed E-state index contributed by atoms with van der Waals surface area (Å²) < 4.78 is 0. The molecule has 1 aliphatic heterocycles. The molecule has 1 saturated heterocycles. The summed E-state index contributed by atoms with van der Waals surface area (Å²) in [4.78, 5) is 13.1. The lowest BCUT2D eigenvalue weighted by atomic mass is 10.1. The Morgan fingerprint density at radius 3 is 2.50 bits per heavy atom. The molecular weight excluding hydrogens is 226 g/mol. The van der Waals surface area contributed by atoms with E-state index in [2.05, 4.69) is 4.90 Å². The van der Waals surface area contributed by atoms with Gasteiger partial charge in [0.1, 0.15) is 0 Å². The van der Waals surface area contributed by atoms with Crippen molar-refractivity contribution in [3.8, 4) is 0 Å². The first-order valence-electron chi connectivity index (χ1n) is 5.45. The summed E-state index contributed by atoms with van der Waals surface area (Å²) in [7, 11) is 0. The SMILES string of the molecule is O=C(O)c1cc(Cl)cc(N2CCCCC2)c1. The first-order valence-corrected chi connectivity index (χ1v) is 5.83. The zero-order valence-corrected chi connectivity index (χ0v) is 9.70. The average Bonchev–Trinajstić information content (AvgIpc) is 2.29. The standard InChI is InChI=1S/C12H14ClNO2/c13-10-6-9(12(15)16)7-11(8-10)14-4-2-1-3-5-14/h6-8H,1-5H2,(H,15,16). The molecule has 1 aliphatic rings. The van der Waals surface area contributed by atoms with Gasteiger partial charge in [0.05, 0.1) is 5.56 Å². The summed E-state index contributed by atoms with van der Waals surface area (Å²) in [5, 5.41) is 9.44. The molecule has 3 nitrogen and oxygen atoms in total. The lowest BCUT2D eigenvalue weighted by Crippen LogP contribution is -2.29. The van der Waals surface area contributed by atoms with Gasteiger partial charge in [-0.05, 0) is 37.5 Å². The monoisotopic (exact) mass is 239 g/mol. The van der Waals surface area contributed by atoms with Gasteiger partial charge in [-0.3, -0.25) is 0 Å². The number of rotatable bonds is 2. The van der Waals surface area contributed by atoms with Crippen LogP contribution in [0.15, 0.2) is 18.2 Å². The van der Waals surface area contributed by atoms with Crippen LogP contribution in [0.5, 0.6) is 0 Å². The van der Waals surface area contributed by atoms with Crippen LogP contribution in [-0.2, 0) is 0 Å². The number of aromatic carboxylic acids is 1. The van der Waals surface area contributed by atoms with Gasteiger partial charge in [0.2, 0.25) is 0 Å². The van der Waals surface area contributed by atoms with E-state index in [-0.39, 0.29) is 5.56 Å². The van der Waals surface area contributed by atoms with Gasteiger partial charge in [0.15, 0.2) is 0 Å². The second kappa shape index (κ2) is 4.74. The number of carboxylic acid groups (broad SMARTS) is 1. The van der Waals surface area contributed by atoms with E-state index in [1.54, 1.807) is 6.07 Å². The van der Waals surface area contributed by atoms with Gasteiger partial charge in [0, 0.05) is 23.8 Å². The van der Waals surface area contributed by atoms with Crippen LogP contribution in [0.4, 0.5) is 5.69 Å². The summed E-state index contributed by atoms with van der Waals surface area (Å²) in [6.45, 7) is 1.97. The second-order valence-corrected chi connectivity index (χ2v) is 4.49. The van der Waals surface area contributed by atoms with E-state index < -0.39 is 5.97 Å². The van der Waals surface area contributed by atoms with Crippen molar-refractivity contribution in [3.05, 3.63) is 28.8 Å². The Kier molecular flexibility index (Phi) is 3.34. The molecule has 0 unspecified atom stereocenters. The van der Waals surface area contributed by atoms with Crippen molar-refractivity contribution in [2.45, 2.75) is 19.3 Å². The number of carboxylic acids is 1. The highest BCUT2D eigenvalue weighted by Crippen LogP contribution is 2.25. The van der Waals surface area contributed by atoms with E-state index in [4.69, 9.17) is 16.7 Å². The van der Waals surface area contributed by atoms with Crippen molar-refractivity contribution >= 4 is 23.3 Å². The van der Waals surface area contributed by atoms with Crippen molar-refractivity contribution in [1.82, 2.24) is 0 Å². The molecule has 4 heteroatoms. The number of carbonyl (C=O) groups is 1.